The van der Waals surface area contributed by atoms with Crippen LogP contribution in [0.1, 0.15) is 26.0 Å². The Morgan fingerprint density at radius 2 is 1.88 bits per heavy atom. The highest BCUT2D eigenvalue weighted by Crippen LogP contribution is 2.45. The summed E-state index contributed by atoms with van der Waals surface area (Å²) >= 11 is 1.53. The van der Waals surface area contributed by atoms with Crippen LogP contribution in [0.5, 0.6) is 11.5 Å². The van der Waals surface area contributed by atoms with Crippen LogP contribution in [0.2, 0.25) is 0 Å². The number of aryl methyl sites for hydroxylation is 1. The first-order valence-electron chi connectivity index (χ1n) is 13.3. The Hall–Kier alpha value is -4.06. The van der Waals surface area contributed by atoms with Gasteiger partial charge in [0.1, 0.15) is 17.8 Å². The first kappa shape index (κ1) is 26.2. The number of nitrogens with zero attached hydrogens (tertiary/aromatic N) is 4. The van der Waals surface area contributed by atoms with Crippen molar-refractivity contribution in [2.75, 3.05) is 18.7 Å². The SMILES string of the molecule is CC(C)NCCCn1c(Sc2cc3c(cc2-c2ccc(CN)o2)OCO3)nc2c(Nc3ccccc3)ncnc21. The van der Waals surface area contributed by atoms with Gasteiger partial charge in [-0.05, 0) is 49.4 Å². The lowest BCUT2D eigenvalue weighted by molar-refractivity contribution is 0.174. The van der Waals surface area contributed by atoms with Crippen molar-refractivity contribution in [3.63, 3.8) is 0 Å². The van der Waals surface area contributed by atoms with Crippen molar-refractivity contribution in [3.8, 4) is 22.8 Å². The van der Waals surface area contributed by atoms with E-state index in [0.717, 1.165) is 46.5 Å². The molecule has 0 saturated heterocycles. The minimum atomic E-state index is 0.181. The average Bonchev–Trinajstić information content (AvgIpc) is 3.70. The summed E-state index contributed by atoms with van der Waals surface area (Å²) in [5, 5.41) is 7.69. The van der Waals surface area contributed by atoms with Gasteiger partial charge in [0.25, 0.3) is 0 Å². The fourth-order valence-corrected chi connectivity index (χ4v) is 5.56. The maximum absolute atomic E-state index is 6.03. The van der Waals surface area contributed by atoms with Crippen LogP contribution in [0.15, 0.2) is 75.4 Å². The molecule has 40 heavy (non-hydrogen) atoms. The van der Waals surface area contributed by atoms with Gasteiger partial charge in [0.15, 0.2) is 33.6 Å². The molecule has 5 aromatic rings. The molecule has 0 saturated carbocycles. The zero-order chi connectivity index (χ0) is 27.5. The van der Waals surface area contributed by atoms with Crippen molar-refractivity contribution in [2.24, 2.45) is 5.73 Å². The molecule has 0 fully saturated rings. The molecule has 3 aromatic heterocycles. The molecule has 11 heteroatoms. The number of nitrogens with one attached hydrogen (secondary N) is 2. The number of fused-ring (bicyclic) bond motifs is 2. The smallest absolute Gasteiger partial charge is 0.231 e. The third kappa shape index (κ3) is 5.48. The fourth-order valence-electron chi connectivity index (χ4n) is 4.50. The quantitative estimate of drug-likeness (QED) is 0.178. The molecule has 10 nitrogen and oxygen atoms in total. The summed E-state index contributed by atoms with van der Waals surface area (Å²) in [6, 6.07) is 18.1. The van der Waals surface area contributed by atoms with Crippen molar-refractivity contribution >= 4 is 34.4 Å². The molecule has 0 radical (unpaired) electrons. The van der Waals surface area contributed by atoms with E-state index in [9.17, 15) is 0 Å². The number of rotatable bonds is 11. The van der Waals surface area contributed by atoms with Crippen LogP contribution in [0, 0.1) is 0 Å². The van der Waals surface area contributed by atoms with Crippen LogP contribution in [-0.4, -0.2) is 38.9 Å². The summed E-state index contributed by atoms with van der Waals surface area (Å²) in [6.45, 7) is 6.41. The van der Waals surface area contributed by atoms with Crippen LogP contribution in [0.25, 0.3) is 22.5 Å². The van der Waals surface area contributed by atoms with E-state index in [0.29, 0.717) is 46.9 Å². The summed E-state index contributed by atoms with van der Waals surface area (Å²) in [6.07, 6.45) is 2.49. The van der Waals surface area contributed by atoms with Gasteiger partial charge in [-0.1, -0.05) is 43.8 Å². The number of hydrogen-bond donors (Lipinski definition) is 3. The lowest BCUT2D eigenvalue weighted by Crippen LogP contribution is -2.24. The molecule has 0 unspecified atom stereocenters. The number of benzene rings is 2. The first-order chi connectivity index (χ1) is 19.6. The molecule has 1 aliphatic heterocycles. The van der Waals surface area contributed by atoms with Crippen LogP contribution < -0.4 is 25.8 Å². The van der Waals surface area contributed by atoms with Gasteiger partial charge >= 0.3 is 0 Å². The van der Waals surface area contributed by atoms with E-state index >= 15 is 0 Å². The molecule has 4 heterocycles. The summed E-state index contributed by atoms with van der Waals surface area (Å²) in [4.78, 5) is 15.2. The van der Waals surface area contributed by atoms with Gasteiger partial charge in [0.05, 0.1) is 6.54 Å². The number of aromatic nitrogens is 4. The maximum Gasteiger partial charge on any atom is 0.231 e. The largest absolute Gasteiger partial charge is 0.460 e. The summed E-state index contributed by atoms with van der Waals surface area (Å²) in [7, 11) is 0. The second kappa shape index (κ2) is 11.6. The van der Waals surface area contributed by atoms with Crippen molar-refractivity contribution in [1.82, 2.24) is 24.8 Å². The van der Waals surface area contributed by atoms with E-state index in [2.05, 4.69) is 39.0 Å². The maximum atomic E-state index is 6.03. The highest BCUT2D eigenvalue weighted by Gasteiger charge is 2.24. The number of hydrogen-bond acceptors (Lipinski definition) is 10. The summed E-state index contributed by atoms with van der Waals surface area (Å²) in [5.41, 5.74) is 9.10. The highest BCUT2D eigenvalue weighted by molar-refractivity contribution is 7.99. The van der Waals surface area contributed by atoms with Gasteiger partial charge in [-0.3, -0.25) is 0 Å². The third-order valence-corrected chi connectivity index (χ3v) is 7.50. The van der Waals surface area contributed by atoms with E-state index < -0.39 is 0 Å². The van der Waals surface area contributed by atoms with Crippen LogP contribution >= 0.6 is 11.8 Å². The monoisotopic (exact) mass is 557 g/mol. The molecule has 0 bridgehead atoms. The lowest BCUT2D eigenvalue weighted by Gasteiger charge is -2.12. The molecule has 206 valence electrons. The summed E-state index contributed by atoms with van der Waals surface area (Å²) in [5.74, 6) is 3.43. The van der Waals surface area contributed by atoms with Crippen molar-refractivity contribution < 1.29 is 13.9 Å². The lowest BCUT2D eigenvalue weighted by atomic mass is 10.1. The Morgan fingerprint density at radius 3 is 2.65 bits per heavy atom. The predicted molar refractivity (Wildman–Crippen MR) is 155 cm³/mol. The molecular weight excluding hydrogens is 526 g/mol. The zero-order valence-corrected chi connectivity index (χ0v) is 23.2. The molecule has 0 spiro atoms. The molecule has 4 N–H and O–H groups in total. The third-order valence-electron chi connectivity index (χ3n) is 6.45. The number of furan rings is 1. The second-order valence-corrected chi connectivity index (χ2v) is 10.7. The molecule has 0 aliphatic carbocycles. The number of para-hydroxylation sites is 1. The second-order valence-electron chi connectivity index (χ2n) is 9.67. The number of ether oxygens (including phenoxy) is 2. The molecule has 2 aromatic carbocycles. The van der Waals surface area contributed by atoms with Crippen molar-refractivity contribution in [3.05, 3.63) is 66.7 Å². The number of anilines is 2. The van der Waals surface area contributed by atoms with Gasteiger partial charge in [-0.25, -0.2) is 15.0 Å². The van der Waals surface area contributed by atoms with E-state index in [1.807, 2.05) is 54.6 Å². The molecule has 1 aliphatic rings. The first-order valence-corrected chi connectivity index (χ1v) is 14.1. The molecule has 0 atom stereocenters. The van der Waals surface area contributed by atoms with Crippen LogP contribution in [-0.2, 0) is 13.1 Å². The van der Waals surface area contributed by atoms with E-state index in [1.165, 1.54) is 11.8 Å². The van der Waals surface area contributed by atoms with Gasteiger partial charge in [-0.2, -0.15) is 0 Å². The van der Waals surface area contributed by atoms with Crippen LogP contribution in [0.3, 0.4) is 0 Å². The van der Waals surface area contributed by atoms with Gasteiger partial charge < -0.3 is 34.8 Å². The Morgan fingerprint density at radius 1 is 1.05 bits per heavy atom. The van der Waals surface area contributed by atoms with Gasteiger partial charge in [0.2, 0.25) is 6.79 Å². The van der Waals surface area contributed by atoms with E-state index in [4.69, 9.17) is 24.6 Å². The predicted octanol–water partition coefficient (Wildman–Crippen LogP) is 5.56. The molecule has 6 rings (SSSR count). The zero-order valence-electron chi connectivity index (χ0n) is 22.4. The van der Waals surface area contributed by atoms with Crippen LogP contribution in [0.4, 0.5) is 11.5 Å². The Kier molecular flexibility index (Phi) is 7.58. The Bertz CT molecular complexity index is 1620. The number of nitrogens with two attached hydrogens (primary N) is 1. The Balaban J connectivity index is 1.41. The van der Waals surface area contributed by atoms with Crippen molar-refractivity contribution in [1.29, 1.82) is 0 Å². The molecule has 0 amide bonds. The standard InChI is InChI=1S/C29H31N7O3S/c1-18(2)31-11-6-12-36-28-26(27(32-16-33-28)34-19-7-4-3-5-8-19)35-29(36)40-25-14-24-23(37-17-38-24)13-21(25)22-10-9-20(15-30)39-22/h3-5,7-10,13-14,16,18,31H,6,11-12,15,17,30H2,1-2H3,(H,32,33,34). The van der Waals surface area contributed by atoms with E-state index in [-0.39, 0.29) is 6.79 Å². The average molecular weight is 558 g/mol. The highest BCUT2D eigenvalue weighted by atomic mass is 32.2. The van der Waals surface area contributed by atoms with Gasteiger partial charge in [-0.15, -0.1) is 0 Å². The minimum absolute atomic E-state index is 0.181. The topological polar surface area (TPSA) is 125 Å². The minimum Gasteiger partial charge on any atom is -0.460 e. The van der Waals surface area contributed by atoms with Gasteiger partial charge in [0, 0.05) is 28.7 Å². The molecular formula is C29H31N7O3S. The summed E-state index contributed by atoms with van der Waals surface area (Å²) < 4.78 is 19.6. The van der Waals surface area contributed by atoms with Crippen molar-refractivity contribution in [2.45, 2.75) is 49.5 Å². The Labute approximate surface area is 236 Å². The fraction of sp³-hybridized carbons (Fsp3) is 0.276. The number of imidazole rings is 1. The van der Waals surface area contributed by atoms with E-state index in [1.54, 1.807) is 6.33 Å². The normalized spacial score (nSPS) is 12.5.